The van der Waals surface area contributed by atoms with Gasteiger partial charge in [-0.05, 0) is 26.7 Å². The zero-order valence-electron chi connectivity index (χ0n) is 10.8. The molecule has 0 aromatic carbocycles. The van der Waals surface area contributed by atoms with Crippen molar-refractivity contribution in [3.8, 4) is 0 Å². The lowest BCUT2D eigenvalue weighted by Crippen LogP contribution is -2.31. The lowest BCUT2D eigenvalue weighted by atomic mass is 10.2. The Balaban J connectivity index is 1.87. The van der Waals surface area contributed by atoms with E-state index in [0.717, 1.165) is 18.7 Å². The fourth-order valence-corrected chi connectivity index (χ4v) is 4.06. The van der Waals surface area contributed by atoms with Gasteiger partial charge in [-0.1, -0.05) is 0 Å². The first-order valence-corrected chi connectivity index (χ1v) is 8.03. The Morgan fingerprint density at radius 3 is 2.94 bits per heavy atom. The average molecular weight is 272 g/mol. The Bertz CT molecular complexity index is 495. The summed E-state index contributed by atoms with van der Waals surface area (Å²) < 4.78 is 25.2. The van der Waals surface area contributed by atoms with Gasteiger partial charge in [0.25, 0.3) is 0 Å². The summed E-state index contributed by atoms with van der Waals surface area (Å²) >= 11 is 0. The van der Waals surface area contributed by atoms with Crippen LogP contribution in [0, 0.1) is 0 Å². The Labute approximate surface area is 108 Å². The van der Waals surface area contributed by atoms with Crippen LogP contribution in [0.3, 0.4) is 0 Å². The van der Waals surface area contributed by atoms with Gasteiger partial charge in [-0.15, -0.1) is 0 Å². The topological polar surface area (TPSA) is 76.9 Å². The Kier molecular flexibility index (Phi) is 4.01. The Morgan fingerprint density at radius 2 is 2.33 bits per heavy atom. The fraction of sp³-hybridized carbons (Fsp3) is 0.818. The second kappa shape index (κ2) is 5.36. The largest absolute Gasteiger partial charge is 0.309 e. The van der Waals surface area contributed by atoms with Gasteiger partial charge in [-0.3, -0.25) is 0 Å². The normalized spacial score (nSPS) is 22.7. The van der Waals surface area contributed by atoms with Gasteiger partial charge in [-0.25, -0.2) is 18.1 Å². The summed E-state index contributed by atoms with van der Waals surface area (Å²) in [6.07, 6.45) is 3.09. The molecule has 0 bridgehead atoms. The number of sulfone groups is 1. The third-order valence-electron chi connectivity index (χ3n) is 3.25. The van der Waals surface area contributed by atoms with Gasteiger partial charge in [0.1, 0.15) is 12.2 Å². The number of hydrogen-bond acceptors (Lipinski definition) is 5. The molecule has 1 atom stereocenters. The number of rotatable bonds is 5. The summed E-state index contributed by atoms with van der Waals surface area (Å²) in [5, 5.41) is 7.09. The molecule has 1 fully saturated rings. The molecule has 0 aliphatic carbocycles. The molecule has 0 saturated carbocycles. The van der Waals surface area contributed by atoms with E-state index < -0.39 is 9.84 Å². The van der Waals surface area contributed by atoms with Crippen LogP contribution in [0.15, 0.2) is 6.33 Å². The molecular formula is C11H20N4O2S. The first-order chi connectivity index (χ1) is 8.50. The van der Waals surface area contributed by atoms with Gasteiger partial charge in [0.05, 0.1) is 17.5 Å². The molecule has 0 spiro atoms. The molecule has 2 heterocycles. The van der Waals surface area contributed by atoms with Crippen molar-refractivity contribution >= 4 is 9.84 Å². The van der Waals surface area contributed by atoms with Crippen molar-refractivity contribution < 1.29 is 8.42 Å². The summed E-state index contributed by atoms with van der Waals surface area (Å²) in [5.41, 5.74) is 0. The maximum Gasteiger partial charge on any atom is 0.154 e. The van der Waals surface area contributed by atoms with E-state index in [1.165, 1.54) is 6.33 Å². The first-order valence-electron chi connectivity index (χ1n) is 6.31. The molecule has 102 valence electrons. The van der Waals surface area contributed by atoms with Gasteiger partial charge in [-0.2, -0.15) is 5.10 Å². The SMILES string of the molecule is CC(C)n1ncnc1CNCC1CCCS1(=O)=O. The summed E-state index contributed by atoms with van der Waals surface area (Å²) in [5.74, 6) is 1.18. The van der Waals surface area contributed by atoms with E-state index >= 15 is 0 Å². The van der Waals surface area contributed by atoms with Crippen molar-refractivity contribution in [2.45, 2.75) is 44.5 Å². The molecule has 0 amide bonds. The standard InChI is InChI=1S/C11H20N4O2S/c1-9(2)15-11(13-8-14-15)7-12-6-10-4-3-5-18(10,16)17/h8-10,12H,3-7H2,1-2H3. The van der Waals surface area contributed by atoms with Crippen molar-refractivity contribution in [3.05, 3.63) is 12.2 Å². The van der Waals surface area contributed by atoms with Crippen molar-refractivity contribution in [2.75, 3.05) is 12.3 Å². The highest BCUT2D eigenvalue weighted by Gasteiger charge is 2.30. The van der Waals surface area contributed by atoms with Crippen molar-refractivity contribution in [3.63, 3.8) is 0 Å². The van der Waals surface area contributed by atoms with Gasteiger partial charge < -0.3 is 5.32 Å². The molecule has 1 aliphatic rings. The lowest BCUT2D eigenvalue weighted by molar-refractivity contribution is 0.487. The molecule has 7 heteroatoms. The summed E-state index contributed by atoms with van der Waals surface area (Å²) in [6, 6.07) is 0.263. The fourth-order valence-electron chi connectivity index (χ4n) is 2.26. The molecule has 6 nitrogen and oxygen atoms in total. The summed E-state index contributed by atoms with van der Waals surface area (Å²) in [7, 11) is -2.86. The van der Waals surface area contributed by atoms with E-state index in [1.54, 1.807) is 0 Å². The van der Waals surface area contributed by atoms with E-state index in [2.05, 4.69) is 15.4 Å². The van der Waals surface area contributed by atoms with E-state index in [9.17, 15) is 8.42 Å². The summed E-state index contributed by atoms with van der Waals surface area (Å²) in [6.45, 7) is 5.15. The van der Waals surface area contributed by atoms with Crippen molar-refractivity contribution in [1.82, 2.24) is 20.1 Å². The van der Waals surface area contributed by atoms with Gasteiger partial charge in [0.2, 0.25) is 0 Å². The quantitative estimate of drug-likeness (QED) is 0.846. The lowest BCUT2D eigenvalue weighted by Gasteiger charge is -2.12. The molecule has 1 saturated heterocycles. The van der Waals surface area contributed by atoms with Crippen LogP contribution in [-0.4, -0.2) is 40.7 Å². The smallest absolute Gasteiger partial charge is 0.154 e. The number of nitrogens with one attached hydrogen (secondary N) is 1. The molecule has 1 aliphatic heterocycles. The van der Waals surface area contributed by atoms with E-state index in [-0.39, 0.29) is 11.3 Å². The van der Waals surface area contributed by atoms with Crippen LogP contribution >= 0.6 is 0 Å². The zero-order valence-corrected chi connectivity index (χ0v) is 11.7. The second-order valence-electron chi connectivity index (χ2n) is 4.98. The number of hydrogen-bond donors (Lipinski definition) is 1. The maximum absolute atomic E-state index is 11.7. The minimum atomic E-state index is -2.86. The van der Waals surface area contributed by atoms with Crippen LogP contribution in [0.4, 0.5) is 0 Å². The van der Waals surface area contributed by atoms with E-state index in [0.29, 0.717) is 18.8 Å². The van der Waals surface area contributed by atoms with E-state index in [1.807, 2.05) is 18.5 Å². The van der Waals surface area contributed by atoms with Crippen LogP contribution in [0.1, 0.15) is 38.6 Å². The van der Waals surface area contributed by atoms with Crippen molar-refractivity contribution in [2.24, 2.45) is 0 Å². The highest BCUT2D eigenvalue weighted by molar-refractivity contribution is 7.92. The first kappa shape index (κ1) is 13.5. The van der Waals surface area contributed by atoms with Crippen molar-refractivity contribution in [1.29, 1.82) is 0 Å². The van der Waals surface area contributed by atoms with Crippen LogP contribution < -0.4 is 5.32 Å². The molecule has 1 N–H and O–H groups in total. The maximum atomic E-state index is 11.7. The number of nitrogens with zero attached hydrogens (tertiary/aromatic N) is 3. The molecule has 0 radical (unpaired) electrons. The third kappa shape index (κ3) is 2.89. The summed E-state index contributed by atoms with van der Waals surface area (Å²) in [4.78, 5) is 4.18. The van der Waals surface area contributed by atoms with E-state index in [4.69, 9.17) is 0 Å². The second-order valence-corrected chi connectivity index (χ2v) is 7.38. The molecule has 1 aromatic heterocycles. The molecule has 2 rings (SSSR count). The van der Waals surface area contributed by atoms with Crippen LogP contribution in [0.25, 0.3) is 0 Å². The van der Waals surface area contributed by atoms with Gasteiger partial charge in [0.15, 0.2) is 9.84 Å². The third-order valence-corrected chi connectivity index (χ3v) is 5.53. The molecule has 1 unspecified atom stereocenters. The molecule has 1 aromatic rings. The Morgan fingerprint density at radius 1 is 1.56 bits per heavy atom. The minimum absolute atomic E-state index is 0.229. The highest BCUT2D eigenvalue weighted by Crippen LogP contribution is 2.19. The minimum Gasteiger partial charge on any atom is -0.309 e. The predicted octanol–water partition coefficient (Wildman–Crippen LogP) is 0.526. The van der Waals surface area contributed by atoms with Gasteiger partial charge in [0, 0.05) is 12.6 Å². The predicted molar refractivity (Wildman–Crippen MR) is 68.9 cm³/mol. The highest BCUT2D eigenvalue weighted by atomic mass is 32.2. The van der Waals surface area contributed by atoms with Gasteiger partial charge >= 0.3 is 0 Å². The molecule has 18 heavy (non-hydrogen) atoms. The van der Waals surface area contributed by atoms with Crippen LogP contribution in [-0.2, 0) is 16.4 Å². The number of aromatic nitrogens is 3. The van der Waals surface area contributed by atoms with Crippen LogP contribution in [0.2, 0.25) is 0 Å². The Hall–Kier alpha value is -0.950. The monoisotopic (exact) mass is 272 g/mol. The van der Waals surface area contributed by atoms with Crippen LogP contribution in [0.5, 0.6) is 0 Å². The average Bonchev–Trinajstić information content (AvgIpc) is 2.86. The zero-order chi connectivity index (χ0) is 13.2. The molecular weight excluding hydrogens is 252 g/mol.